The summed E-state index contributed by atoms with van der Waals surface area (Å²) < 4.78 is 6.00. The topological polar surface area (TPSA) is 62.6 Å². The van der Waals surface area contributed by atoms with Crippen LogP contribution in [0.3, 0.4) is 0 Å². The van der Waals surface area contributed by atoms with E-state index < -0.39 is 0 Å². The van der Waals surface area contributed by atoms with Gasteiger partial charge < -0.3 is 4.74 Å². The molecule has 1 unspecified atom stereocenters. The number of nitrogens with zero attached hydrogens (tertiary/aromatic N) is 3. The minimum Gasteiger partial charge on any atom is -0.483 e. The van der Waals surface area contributed by atoms with Crippen LogP contribution in [0.4, 0.5) is 0 Å². The first kappa shape index (κ1) is 16.3. The van der Waals surface area contributed by atoms with Gasteiger partial charge in [-0.15, -0.1) is 0 Å². The molecule has 130 valence electrons. The van der Waals surface area contributed by atoms with Gasteiger partial charge in [0.2, 0.25) is 0 Å². The number of fused-ring (bicyclic) bond motifs is 2. The summed E-state index contributed by atoms with van der Waals surface area (Å²) in [7, 11) is 1.71. The average Bonchev–Trinajstić information content (AvgIpc) is 3.22. The zero-order chi connectivity index (χ0) is 18.3. The number of nitrogens with one attached hydrogen (secondary N) is 1. The Morgan fingerprint density at radius 1 is 1.31 bits per heavy atom. The molecule has 2 heterocycles. The third kappa shape index (κ3) is 2.52. The molecule has 1 aliphatic heterocycles. The molecule has 1 atom stereocenters. The molecule has 0 fully saturated rings. The second-order valence-corrected chi connectivity index (χ2v) is 6.66. The summed E-state index contributed by atoms with van der Waals surface area (Å²) in [5, 5.41) is 8.65. The molecule has 0 aliphatic carbocycles. The number of aliphatic imine (C=N–C) groups is 2. The first-order valence-electron chi connectivity index (χ1n) is 8.45. The SMILES string of the molecule is C=CC1(C)Cc2cc(-c3n[nH]c4ccc(C(N=C)=NC)cc34)ccc2O1. The second kappa shape index (κ2) is 5.95. The highest BCUT2D eigenvalue weighted by Gasteiger charge is 2.32. The summed E-state index contributed by atoms with van der Waals surface area (Å²) in [4.78, 5) is 8.16. The number of amidine groups is 1. The van der Waals surface area contributed by atoms with E-state index in [9.17, 15) is 0 Å². The third-order valence-corrected chi connectivity index (χ3v) is 4.83. The molecule has 0 spiro atoms. The van der Waals surface area contributed by atoms with Crippen LogP contribution in [0, 0.1) is 0 Å². The van der Waals surface area contributed by atoms with E-state index in [2.05, 4.69) is 39.5 Å². The van der Waals surface area contributed by atoms with Gasteiger partial charge in [0, 0.05) is 30.0 Å². The molecule has 0 saturated carbocycles. The van der Waals surface area contributed by atoms with Crippen LogP contribution in [-0.4, -0.2) is 35.4 Å². The molecule has 0 saturated heterocycles. The maximum atomic E-state index is 6.00. The van der Waals surface area contributed by atoms with E-state index in [0.29, 0.717) is 5.84 Å². The first-order valence-corrected chi connectivity index (χ1v) is 8.45. The number of hydrogen-bond donors (Lipinski definition) is 1. The summed E-state index contributed by atoms with van der Waals surface area (Å²) >= 11 is 0. The maximum absolute atomic E-state index is 6.00. The molecular formula is C21H20N4O. The van der Waals surface area contributed by atoms with E-state index in [4.69, 9.17) is 4.74 Å². The van der Waals surface area contributed by atoms with Crippen molar-refractivity contribution in [1.82, 2.24) is 10.2 Å². The van der Waals surface area contributed by atoms with E-state index in [1.165, 1.54) is 5.56 Å². The van der Waals surface area contributed by atoms with Gasteiger partial charge in [-0.3, -0.25) is 10.1 Å². The van der Waals surface area contributed by atoms with Gasteiger partial charge in [0.1, 0.15) is 11.4 Å². The number of aromatic amines is 1. The minimum absolute atomic E-state index is 0.343. The number of H-pyrrole nitrogens is 1. The molecule has 0 amide bonds. The summed E-state index contributed by atoms with van der Waals surface area (Å²) in [6.07, 6.45) is 2.66. The number of ether oxygens (including phenoxy) is 1. The summed E-state index contributed by atoms with van der Waals surface area (Å²) in [6, 6.07) is 12.2. The van der Waals surface area contributed by atoms with Crippen LogP contribution in [-0.2, 0) is 6.42 Å². The molecule has 26 heavy (non-hydrogen) atoms. The molecular weight excluding hydrogens is 324 g/mol. The maximum Gasteiger partial charge on any atom is 0.153 e. The zero-order valence-corrected chi connectivity index (χ0v) is 14.9. The molecule has 5 heteroatoms. The molecule has 4 rings (SSSR count). The van der Waals surface area contributed by atoms with Crippen molar-refractivity contribution >= 4 is 23.5 Å². The largest absolute Gasteiger partial charge is 0.483 e. The lowest BCUT2D eigenvalue weighted by Gasteiger charge is -2.18. The lowest BCUT2D eigenvalue weighted by atomic mass is 9.97. The van der Waals surface area contributed by atoms with E-state index in [0.717, 1.165) is 39.9 Å². The lowest BCUT2D eigenvalue weighted by Crippen LogP contribution is -2.26. The van der Waals surface area contributed by atoms with Gasteiger partial charge in [-0.25, -0.2) is 4.99 Å². The fraction of sp³-hybridized carbons (Fsp3) is 0.190. The van der Waals surface area contributed by atoms with Crippen LogP contribution in [0.25, 0.3) is 22.2 Å². The number of benzene rings is 2. The number of rotatable bonds is 3. The minimum atomic E-state index is -0.343. The Hall–Kier alpha value is -3.21. The van der Waals surface area contributed by atoms with E-state index in [1.807, 2.05) is 43.3 Å². The Labute approximate surface area is 152 Å². The van der Waals surface area contributed by atoms with Crippen molar-refractivity contribution in [2.75, 3.05) is 7.05 Å². The molecule has 3 aromatic rings. The van der Waals surface area contributed by atoms with Gasteiger partial charge in [-0.05, 0) is 61.7 Å². The van der Waals surface area contributed by atoms with Gasteiger partial charge in [-0.1, -0.05) is 6.58 Å². The van der Waals surface area contributed by atoms with Crippen molar-refractivity contribution in [2.24, 2.45) is 9.98 Å². The van der Waals surface area contributed by atoms with E-state index in [1.54, 1.807) is 7.05 Å². The molecule has 5 nitrogen and oxygen atoms in total. The Bertz CT molecular complexity index is 1060. The highest BCUT2D eigenvalue weighted by atomic mass is 16.5. The van der Waals surface area contributed by atoms with Crippen molar-refractivity contribution in [1.29, 1.82) is 0 Å². The number of hydrogen-bond acceptors (Lipinski definition) is 3. The molecule has 2 aromatic carbocycles. The fourth-order valence-electron chi connectivity index (χ4n) is 3.41. The Morgan fingerprint density at radius 2 is 2.15 bits per heavy atom. The van der Waals surface area contributed by atoms with Crippen molar-refractivity contribution < 1.29 is 4.74 Å². The average molecular weight is 344 g/mol. The van der Waals surface area contributed by atoms with Crippen LogP contribution in [0.1, 0.15) is 18.1 Å². The van der Waals surface area contributed by atoms with Crippen molar-refractivity contribution in [2.45, 2.75) is 18.9 Å². The second-order valence-electron chi connectivity index (χ2n) is 6.66. The van der Waals surface area contributed by atoms with Crippen LogP contribution in [0.15, 0.2) is 59.0 Å². The van der Waals surface area contributed by atoms with Crippen LogP contribution in [0.5, 0.6) is 5.75 Å². The monoisotopic (exact) mass is 344 g/mol. The Morgan fingerprint density at radius 3 is 2.88 bits per heavy atom. The normalized spacial score (nSPS) is 19.2. The summed E-state index contributed by atoms with van der Waals surface area (Å²) in [5.41, 5.74) is 4.66. The van der Waals surface area contributed by atoms with Gasteiger partial charge in [0.15, 0.2) is 5.84 Å². The smallest absolute Gasteiger partial charge is 0.153 e. The molecule has 0 radical (unpaired) electrons. The highest BCUT2D eigenvalue weighted by Crippen LogP contribution is 2.38. The van der Waals surface area contributed by atoms with Gasteiger partial charge in [0.25, 0.3) is 0 Å². The molecule has 1 aromatic heterocycles. The van der Waals surface area contributed by atoms with E-state index in [-0.39, 0.29) is 5.60 Å². The molecule has 0 bridgehead atoms. The summed E-state index contributed by atoms with van der Waals surface area (Å²) in [6.45, 7) is 9.52. The van der Waals surface area contributed by atoms with Crippen molar-refractivity contribution in [3.8, 4) is 17.0 Å². The van der Waals surface area contributed by atoms with Gasteiger partial charge in [0.05, 0.1) is 11.2 Å². The summed E-state index contributed by atoms with van der Waals surface area (Å²) in [5.74, 6) is 1.52. The quantitative estimate of drug-likeness (QED) is 0.440. The van der Waals surface area contributed by atoms with Crippen LogP contribution < -0.4 is 4.74 Å². The van der Waals surface area contributed by atoms with Crippen LogP contribution in [0.2, 0.25) is 0 Å². The first-order chi connectivity index (χ1) is 12.6. The zero-order valence-electron chi connectivity index (χ0n) is 14.9. The van der Waals surface area contributed by atoms with Crippen molar-refractivity contribution in [3.05, 3.63) is 60.2 Å². The Kier molecular flexibility index (Phi) is 3.72. The standard InChI is InChI=1S/C21H20N4O/c1-5-21(2)12-15-10-13(7-9-18(15)26-21)19-16-11-14(20(22-3)23-4)6-8-17(16)24-25-19/h5-11H,1,3,12H2,2,4H3,(H,24,25). The predicted octanol–water partition coefficient (Wildman–Crippen LogP) is 4.19. The Balaban J connectivity index is 1.81. The third-order valence-electron chi connectivity index (χ3n) is 4.83. The van der Waals surface area contributed by atoms with E-state index >= 15 is 0 Å². The lowest BCUT2D eigenvalue weighted by molar-refractivity contribution is 0.171. The van der Waals surface area contributed by atoms with Crippen molar-refractivity contribution in [3.63, 3.8) is 0 Å². The number of aromatic nitrogens is 2. The van der Waals surface area contributed by atoms with Crippen LogP contribution >= 0.6 is 0 Å². The molecule has 1 aliphatic rings. The molecule has 1 N–H and O–H groups in total. The van der Waals surface area contributed by atoms with Gasteiger partial charge >= 0.3 is 0 Å². The fourth-order valence-corrected chi connectivity index (χ4v) is 3.41. The highest BCUT2D eigenvalue weighted by molar-refractivity contribution is 6.05. The van der Waals surface area contributed by atoms with Gasteiger partial charge in [-0.2, -0.15) is 5.10 Å². The predicted molar refractivity (Wildman–Crippen MR) is 106 cm³/mol.